The Morgan fingerprint density at radius 2 is 2.30 bits per heavy atom. The summed E-state index contributed by atoms with van der Waals surface area (Å²) < 4.78 is 26.0. The van der Waals surface area contributed by atoms with E-state index < -0.39 is 10.0 Å². The molecule has 2 heterocycles. The van der Waals surface area contributed by atoms with Gasteiger partial charge < -0.3 is 4.90 Å². The smallest absolute Gasteiger partial charge is 0.223 e. The first-order chi connectivity index (χ1) is 9.46. The number of nitrogens with zero attached hydrogens (tertiary/aromatic N) is 4. The fourth-order valence-electron chi connectivity index (χ4n) is 2.30. The third-order valence-corrected chi connectivity index (χ3v) is 3.99. The van der Waals surface area contributed by atoms with Gasteiger partial charge in [-0.1, -0.05) is 0 Å². The van der Waals surface area contributed by atoms with Gasteiger partial charge in [0.25, 0.3) is 0 Å². The molecule has 1 amide bonds. The van der Waals surface area contributed by atoms with E-state index in [0.717, 1.165) is 19.1 Å². The van der Waals surface area contributed by atoms with Crippen LogP contribution in [-0.4, -0.2) is 59.9 Å². The van der Waals surface area contributed by atoms with E-state index in [-0.39, 0.29) is 24.9 Å². The van der Waals surface area contributed by atoms with Gasteiger partial charge >= 0.3 is 0 Å². The zero-order valence-corrected chi connectivity index (χ0v) is 12.2. The third kappa shape index (κ3) is 4.27. The average Bonchev–Trinajstić information content (AvgIpc) is 2.91. The van der Waals surface area contributed by atoms with Crippen molar-refractivity contribution in [2.75, 3.05) is 25.9 Å². The van der Waals surface area contributed by atoms with E-state index in [4.69, 9.17) is 0 Å². The summed E-state index contributed by atoms with van der Waals surface area (Å²) in [4.78, 5) is 17.7. The highest BCUT2D eigenvalue weighted by atomic mass is 32.2. The maximum Gasteiger partial charge on any atom is 0.223 e. The summed E-state index contributed by atoms with van der Waals surface area (Å²) in [5.74, 6) is -0.0361. The van der Waals surface area contributed by atoms with Crippen LogP contribution in [0.5, 0.6) is 0 Å². The molecular formula is C11H19N5O3S. The molecule has 20 heavy (non-hydrogen) atoms. The van der Waals surface area contributed by atoms with Crippen LogP contribution in [0.25, 0.3) is 0 Å². The average molecular weight is 301 g/mol. The van der Waals surface area contributed by atoms with E-state index in [1.165, 1.54) is 6.33 Å². The summed E-state index contributed by atoms with van der Waals surface area (Å²) in [6.07, 6.45) is 6.28. The number of hydrogen-bond donors (Lipinski definition) is 1. The van der Waals surface area contributed by atoms with Crippen LogP contribution in [0.2, 0.25) is 0 Å². The lowest BCUT2D eigenvalue weighted by molar-refractivity contribution is -0.132. The molecule has 0 bridgehead atoms. The molecule has 1 aromatic rings. The van der Waals surface area contributed by atoms with Crippen molar-refractivity contribution in [1.82, 2.24) is 24.4 Å². The molecule has 0 radical (unpaired) electrons. The van der Waals surface area contributed by atoms with Crippen molar-refractivity contribution in [2.45, 2.75) is 25.3 Å². The van der Waals surface area contributed by atoms with Gasteiger partial charge in [-0.3, -0.25) is 4.79 Å². The molecule has 112 valence electrons. The largest absolute Gasteiger partial charge is 0.341 e. The van der Waals surface area contributed by atoms with Crippen LogP contribution < -0.4 is 4.72 Å². The minimum Gasteiger partial charge on any atom is -0.341 e. The highest BCUT2D eigenvalue weighted by Gasteiger charge is 2.24. The van der Waals surface area contributed by atoms with Gasteiger partial charge in [-0.25, -0.2) is 22.8 Å². The number of amides is 1. The van der Waals surface area contributed by atoms with E-state index in [9.17, 15) is 13.2 Å². The topological polar surface area (TPSA) is 97.2 Å². The summed E-state index contributed by atoms with van der Waals surface area (Å²) in [6.45, 7) is 1.45. The Morgan fingerprint density at radius 1 is 1.50 bits per heavy atom. The van der Waals surface area contributed by atoms with Crippen molar-refractivity contribution in [2.24, 2.45) is 0 Å². The minimum absolute atomic E-state index is 0.0361. The van der Waals surface area contributed by atoms with Crippen LogP contribution in [0.3, 0.4) is 0 Å². The van der Waals surface area contributed by atoms with Crippen LogP contribution in [0, 0.1) is 0 Å². The first-order valence-electron chi connectivity index (χ1n) is 6.52. The van der Waals surface area contributed by atoms with Crippen molar-refractivity contribution >= 4 is 15.9 Å². The quantitative estimate of drug-likeness (QED) is 0.782. The number of rotatable bonds is 5. The van der Waals surface area contributed by atoms with Gasteiger partial charge in [0.05, 0.1) is 12.3 Å². The van der Waals surface area contributed by atoms with Gasteiger partial charge in [0.1, 0.15) is 12.7 Å². The molecule has 1 fully saturated rings. The molecule has 1 atom stereocenters. The number of nitrogens with one attached hydrogen (secondary N) is 1. The van der Waals surface area contributed by atoms with Crippen LogP contribution >= 0.6 is 0 Å². The van der Waals surface area contributed by atoms with Crippen molar-refractivity contribution in [1.29, 1.82) is 0 Å². The summed E-state index contributed by atoms with van der Waals surface area (Å²) in [5.41, 5.74) is 0. The standard InChI is InChI=1S/C11H19N5O3S/c1-20(18,19)14-5-4-11(17)15-6-2-3-10(7-15)16-9-12-8-13-16/h8-10,14H,2-7H2,1H3/t10-/m0/s1. The summed E-state index contributed by atoms with van der Waals surface area (Å²) in [5, 5.41) is 4.10. The molecule has 1 aromatic heterocycles. The molecule has 1 saturated heterocycles. The van der Waals surface area contributed by atoms with Gasteiger partial charge in [0.2, 0.25) is 15.9 Å². The zero-order valence-electron chi connectivity index (χ0n) is 11.4. The lowest BCUT2D eigenvalue weighted by atomic mass is 10.1. The highest BCUT2D eigenvalue weighted by Crippen LogP contribution is 2.20. The molecule has 0 aliphatic carbocycles. The van der Waals surface area contributed by atoms with Crippen LogP contribution in [0.4, 0.5) is 0 Å². The number of piperidine rings is 1. The molecule has 2 rings (SSSR count). The van der Waals surface area contributed by atoms with Crippen LogP contribution in [0.1, 0.15) is 25.3 Å². The third-order valence-electron chi connectivity index (χ3n) is 3.26. The molecule has 1 aliphatic heterocycles. The molecule has 0 saturated carbocycles. The van der Waals surface area contributed by atoms with Gasteiger partial charge in [0, 0.05) is 26.1 Å². The van der Waals surface area contributed by atoms with E-state index in [2.05, 4.69) is 14.8 Å². The minimum atomic E-state index is -3.24. The fraction of sp³-hybridized carbons (Fsp3) is 0.727. The normalized spacial score (nSPS) is 20.1. The summed E-state index contributed by atoms with van der Waals surface area (Å²) >= 11 is 0. The van der Waals surface area contributed by atoms with E-state index >= 15 is 0 Å². The van der Waals surface area contributed by atoms with Crippen molar-refractivity contribution in [3.8, 4) is 0 Å². The number of carbonyl (C=O) groups is 1. The number of aromatic nitrogens is 3. The van der Waals surface area contributed by atoms with E-state index in [1.54, 1.807) is 15.9 Å². The summed E-state index contributed by atoms with van der Waals surface area (Å²) in [6, 6.07) is 0.151. The number of sulfonamides is 1. The molecule has 0 unspecified atom stereocenters. The lowest BCUT2D eigenvalue weighted by Gasteiger charge is -2.32. The molecule has 9 heteroatoms. The second-order valence-electron chi connectivity index (χ2n) is 4.93. The SMILES string of the molecule is CS(=O)(=O)NCCC(=O)N1CCC[C@H](n2cncn2)C1. The number of likely N-dealkylation sites (tertiary alicyclic amines) is 1. The molecule has 1 aliphatic rings. The van der Waals surface area contributed by atoms with Gasteiger partial charge in [-0.05, 0) is 12.8 Å². The molecule has 0 aromatic carbocycles. The van der Waals surface area contributed by atoms with E-state index in [1.807, 2.05) is 0 Å². The zero-order chi connectivity index (χ0) is 14.6. The molecule has 0 spiro atoms. The van der Waals surface area contributed by atoms with Crippen LogP contribution in [-0.2, 0) is 14.8 Å². The van der Waals surface area contributed by atoms with Gasteiger partial charge in [0.15, 0.2) is 0 Å². The molecular weight excluding hydrogens is 282 g/mol. The predicted octanol–water partition coefficient (Wildman–Crippen LogP) is -0.619. The van der Waals surface area contributed by atoms with E-state index in [0.29, 0.717) is 13.1 Å². The number of hydrogen-bond acceptors (Lipinski definition) is 5. The summed E-state index contributed by atoms with van der Waals surface area (Å²) in [7, 11) is -3.24. The van der Waals surface area contributed by atoms with Crippen molar-refractivity contribution < 1.29 is 13.2 Å². The molecule has 1 N–H and O–H groups in total. The maximum atomic E-state index is 12.0. The first-order valence-corrected chi connectivity index (χ1v) is 8.41. The Bertz CT molecular complexity index is 542. The monoisotopic (exact) mass is 301 g/mol. The Hall–Kier alpha value is -1.48. The fourth-order valence-corrected chi connectivity index (χ4v) is 2.78. The maximum absolute atomic E-state index is 12.0. The Balaban J connectivity index is 1.84. The van der Waals surface area contributed by atoms with Gasteiger partial charge in [-0.15, -0.1) is 0 Å². The second kappa shape index (κ2) is 6.31. The van der Waals surface area contributed by atoms with Crippen LogP contribution in [0.15, 0.2) is 12.7 Å². The van der Waals surface area contributed by atoms with Gasteiger partial charge in [-0.2, -0.15) is 5.10 Å². The van der Waals surface area contributed by atoms with Crippen molar-refractivity contribution in [3.05, 3.63) is 12.7 Å². The molecule has 8 nitrogen and oxygen atoms in total. The Kier molecular flexibility index (Phi) is 4.71. The predicted molar refractivity (Wildman–Crippen MR) is 72.3 cm³/mol. The second-order valence-corrected chi connectivity index (χ2v) is 6.76. The lowest BCUT2D eigenvalue weighted by Crippen LogP contribution is -2.42. The highest BCUT2D eigenvalue weighted by molar-refractivity contribution is 7.88. The Labute approximate surface area is 118 Å². The Morgan fingerprint density at radius 3 is 2.95 bits per heavy atom. The van der Waals surface area contributed by atoms with Crippen molar-refractivity contribution in [3.63, 3.8) is 0 Å². The number of carbonyl (C=O) groups excluding carboxylic acids is 1. The first kappa shape index (κ1) is 14.9.